The molecule has 1 aliphatic carbocycles. The summed E-state index contributed by atoms with van der Waals surface area (Å²) < 4.78 is 10.9. The summed E-state index contributed by atoms with van der Waals surface area (Å²) in [5.74, 6) is 1.54. The first-order valence-corrected chi connectivity index (χ1v) is 7.07. The van der Waals surface area contributed by atoms with Crippen molar-refractivity contribution in [3.05, 3.63) is 23.3 Å². The van der Waals surface area contributed by atoms with E-state index in [1.54, 1.807) is 14.2 Å². The summed E-state index contributed by atoms with van der Waals surface area (Å²) in [7, 11) is 3.31. The van der Waals surface area contributed by atoms with Crippen molar-refractivity contribution < 1.29 is 14.6 Å². The SMILES string of the molecule is COc1ccc2c(c1OC)CCC(O)C2NC(C)(C)C. The van der Waals surface area contributed by atoms with Gasteiger partial charge in [-0.05, 0) is 45.2 Å². The van der Waals surface area contributed by atoms with Gasteiger partial charge in [-0.3, -0.25) is 0 Å². The Bertz CT molecular complexity index is 479. The Labute approximate surface area is 121 Å². The fraction of sp³-hybridized carbons (Fsp3) is 0.625. The molecule has 0 heterocycles. The topological polar surface area (TPSA) is 50.7 Å². The van der Waals surface area contributed by atoms with Crippen LogP contribution in [0.25, 0.3) is 0 Å². The monoisotopic (exact) mass is 279 g/mol. The van der Waals surface area contributed by atoms with Gasteiger partial charge >= 0.3 is 0 Å². The molecule has 0 amide bonds. The molecule has 0 saturated carbocycles. The second-order valence-electron chi connectivity index (χ2n) is 6.35. The number of ether oxygens (including phenoxy) is 2. The maximum atomic E-state index is 10.3. The molecule has 0 aliphatic heterocycles. The number of benzene rings is 1. The third-order valence-electron chi connectivity index (χ3n) is 3.68. The first-order chi connectivity index (χ1) is 9.37. The molecule has 1 aliphatic rings. The quantitative estimate of drug-likeness (QED) is 0.892. The molecule has 2 N–H and O–H groups in total. The average molecular weight is 279 g/mol. The van der Waals surface area contributed by atoms with E-state index in [4.69, 9.17) is 9.47 Å². The van der Waals surface area contributed by atoms with Crippen molar-refractivity contribution in [2.24, 2.45) is 0 Å². The highest BCUT2D eigenvalue weighted by atomic mass is 16.5. The van der Waals surface area contributed by atoms with Gasteiger partial charge < -0.3 is 19.9 Å². The number of aliphatic hydroxyl groups is 1. The van der Waals surface area contributed by atoms with Crippen molar-refractivity contribution in [3.63, 3.8) is 0 Å². The molecule has 0 fully saturated rings. The molecule has 0 spiro atoms. The van der Waals surface area contributed by atoms with Crippen molar-refractivity contribution in [2.45, 2.75) is 51.3 Å². The molecular weight excluding hydrogens is 254 g/mol. The van der Waals surface area contributed by atoms with E-state index in [1.165, 1.54) is 0 Å². The highest BCUT2D eigenvalue weighted by Gasteiger charge is 2.33. The Kier molecular flexibility index (Phi) is 4.25. The highest BCUT2D eigenvalue weighted by Crippen LogP contribution is 2.41. The van der Waals surface area contributed by atoms with Crippen molar-refractivity contribution in [3.8, 4) is 11.5 Å². The normalized spacial score (nSPS) is 22.3. The van der Waals surface area contributed by atoms with Gasteiger partial charge in [0.2, 0.25) is 0 Å². The standard InChI is InChI=1S/C16H25NO3/c1-16(2,3)17-14-10-7-9-13(19-4)15(20-5)11(10)6-8-12(14)18/h7,9,12,14,17-18H,6,8H2,1-5H3. The zero-order chi connectivity index (χ0) is 14.9. The Morgan fingerprint density at radius 1 is 1.20 bits per heavy atom. The molecule has 2 unspecified atom stereocenters. The van der Waals surface area contributed by atoms with Crippen LogP contribution in [-0.2, 0) is 6.42 Å². The van der Waals surface area contributed by atoms with Crippen molar-refractivity contribution in [1.82, 2.24) is 5.32 Å². The van der Waals surface area contributed by atoms with Gasteiger partial charge in [0, 0.05) is 11.1 Å². The minimum Gasteiger partial charge on any atom is -0.493 e. The van der Waals surface area contributed by atoms with E-state index in [2.05, 4.69) is 26.1 Å². The van der Waals surface area contributed by atoms with E-state index in [-0.39, 0.29) is 17.7 Å². The van der Waals surface area contributed by atoms with E-state index in [1.807, 2.05) is 12.1 Å². The Hall–Kier alpha value is -1.26. The van der Waals surface area contributed by atoms with Crippen LogP contribution in [0.15, 0.2) is 12.1 Å². The van der Waals surface area contributed by atoms with Gasteiger partial charge in [0.05, 0.1) is 26.4 Å². The van der Waals surface area contributed by atoms with E-state index < -0.39 is 0 Å². The van der Waals surface area contributed by atoms with E-state index >= 15 is 0 Å². The summed E-state index contributed by atoms with van der Waals surface area (Å²) in [6.07, 6.45) is 1.16. The zero-order valence-corrected chi connectivity index (χ0v) is 13.0. The lowest BCUT2D eigenvalue weighted by atomic mass is 9.83. The van der Waals surface area contributed by atoms with Crippen LogP contribution >= 0.6 is 0 Å². The first kappa shape index (κ1) is 15.1. The molecule has 2 rings (SSSR count). The predicted octanol–water partition coefficient (Wildman–Crippen LogP) is 2.44. The Morgan fingerprint density at radius 3 is 2.45 bits per heavy atom. The molecule has 0 saturated heterocycles. The molecule has 0 bridgehead atoms. The maximum Gasteiger partial charge on any atom is 0.164 e. The summed E-state index contributed by atoms with van der Waals surface area (Å²) in [6, 6.07) is 3.87. The van der Waals surface area contributed by atoms with E-state index in [9.17, 15) is 5.11 Å². The number of rotatable bonds is 3. The summed E-state index contributed by atoms with van der Waals surface area (Å²) in [4.78, 5) is 0. The van der Waals surface area contributed by atoms with Gasteiger partial charge in [0.25, 0.3) is 0 Å². The van der Waals surface area contributed by atoms with Crippen molar-refractivity contribution >= 4 is 0 Å². The summed E-state index contributed by atoms with van der Waals surface area (Å²) in [5.41, 5.74) is 2.18. The number of aliphatic hydroxyl groups excluding tert-OH is 1. The number of nitrogens with one attached hydrogen (secondary N) is 1. The fourth-order valence-corrected chi connectivity index (χ4v) is 2.86. The van der Waals surface area contributed by atoms with Crippen LogP contribution in [0, 0.1) is 0 Å². The van der Waals surface area contributed by atoms with E-state index in [0.717, 1.165) is 35.5 Å². The predicted molar refractivity (Wildman–Crippen MR) is 79.5 cm³/mol. The van der Waals surface area contributed by atoms with Crippen molar-refractivity contribution in [1.29, 1.82) is 0 Å². The van der Waals surface area contributed by atoms with Gasteiger partial charge in [-0.2, -0.15) is 0 Å². The molecule has 0 aromatic heterocycles. The second kappa shape index (κ2) is 5.62. The van der Waals surface area contributed by atoms with Crippen LogP contribution in [0.4, 0.5) is 0 Å². The number of fused-ring (bicyclic) bond motifs is 1. The summed E-state index contributed by atoms with van der Waals surface area (Å²) in [6.45, 7) is 6.32. The molecule has 1 aromatic rings. The Balaban J connectivity index is 2.46. The smallest absolute Gasteiger partial charge is 0.164 e. The van der Waals surface area contributed by atoms with Gasteiger partial charge in [-0.15, -0.1) is 0 Å². The number of hydrogen-bond donors (Lipinski definition) is 2. The molecule has 112 valence electrons. The van der Waals surface area contributed by atoms with Crippen LogP contribution in [0.3, 0.4) is 0 Å². The fourth-order valence-electron chi connectivity index (χ4n) is 2.86. The lowest BCUT2D eigenvalue weighted by Crippen LogP contribution is -2.45. The molecule has 4 nitrogen and oxygen atoms in total. The van der Waals surface area contributed by atoms with Crippen LogP contribution in [0.2, 0.25) is 0 Å². The van der Waals surface area contributed by atoms with Gasteiger partial charge in [0.1, 0.15) is 0 Å². The lowest BCUT2D eigenvalue weighted by molar-refractivity contribution is 0.0960. The third-order valence-corrected chi connectivity index (χ3v) is 3.68. The summed E-state index contributed by atoms with van der Waals surface area (Å²) >= 11 is 0. The van der Waals surface area contributed by atoms with Crippen LogP contribution in [-0.4, -0.2) is 31.0 Å². The van der Waals surface area contributed by atoms with Gasteiger partial charge in [0.15, 0.2) is 11.5 Å². The summed E-state index contributed by atoms with van der Waals surface area (Å²) in [5, 5.41) is 13.8. The third kappa shape index (κ3) is 2.91. The molecule has 2 atom stereocenters. The molecule has 0 radical (unpaired) electrons. The zero-order valence-electron chi connectivity index (χ0n) is 13.0. The molecule has 1 aromatic carbocycles. The second-order valence-corrected chi connectivity index (χ2v) is 6.35. The van der Waals surface area contributed by atoms with Crippen LogP contribution in [0.5, 0.6) is 11.5 Å². The molecule has 4 heteroatoms. The van der Waals surface area contributed by atoms with Crippen molar-refractivity contribution in [2.75, 3.05) is 14.2 Å². The maximum absolute atomic E-state index is 10.3. The molecule has 20 heavy (non-hydrogen) atoms. The minimum atomic E-state index is -0.375. The lowest BCUT2D eigenvalue weighted by Gasteiger charge is -2.37. The number of methoxy groups -OCH3 is 2. The first-order valence-electron chi connectivity index (χ1n) is 7.07. The number of hydrogen-bond acceptors (Lipinski definition) is 4. The average Bonchev–Trinajstić information content (AvgIpc) is 2.39. The van der Waals surface area contributed by atoms with E-state index in [0.29, 0.717) is 0 Å². The minimum absolute atomic E-state index is 0.0621. The Morgan fingerprint density at radius 2 is 1.90 bits per heavy atom. The largest absolute Gasteiger partial charge is 0.493 e. The van der Waals surface area contributed by atoms with Crippen LogP contribution < -0.4 is 14.8 Å². The molecular formula is C16H25NO3. The van der Waals surface area contributed by atoms with Gasteiger partial charge in [-0.1, -0.05) is 6.07 Å². The van der Waals surface area contributed by atoms with Gasteiger partial charge in [-0.25, -0.2) is 0 Å². The highest BCUT2D eigenvalue weighted by molar-refractivity contribution is 5.53. The van der Waals surface area contributed by atoms with Crippen LogP contribution in [0.1, 0.15) is 44.4 Å².